The summed E-state index contributed by atoms with van der Waals surface area (Å²) in [7, 11) is -4.11. The molecule has 0 radical (unpaired) electrons. The van der Waals surface area contributed by atoms with Crippen LogP contribution in [0.4, 0.5) is 0 Å². The summed E-state index contributed by atoms with van der Waals surface area (Å²) >= 11 is 14.7. The first-order valence-corrected chi connectivity index (χ1v) is 9.45. The Morgan fingerprint density at radius 1 is 1.12 bits per heavy atom. The topological polar surface area (TPSA) is 118 Å². The first kappa shape index (κ1) is 18.9. The van der Waals surface area contributed by atoms with Crippen LogP contribution in [0, 0.1) is 0 Å². The van der Waals surface area contributed by atoms with Crippen LogP contribution in [0.25, 0.3) is 0 Å². The second-order valence-electron chi connectivity index (χ2n) is 4.82. The number of nitrogens with two attached hydrogens (primary N) is 1. The Hall–Kier alpha value is -1.48. The number of carbonyl (C=O) groups is 1. The van der Waals surface area contributed by atoms with Crippen LogP contribution in [0.3, 0.4) is 0 Å². The molecule has 0 fully saturated rings. The first-order valence-electron chi connectivity index (χ1n) is 6.25. The summed E-state index contributed by atoms with van der Waals surface area (Å²) in [6.45, 7) is 0. The van der Waals surface area contributed by atoms with Crippen molar-refractivity contribution in [3.8, 4) is 11.5 Å². The van der Waals surface area contributed by atoms with Crippen LogP contribution in [-0.4, -0.2) is 24.5 Å². The number of aromatic hydroxyl groups is 2. The predicted molar refractivity (Wildman–Crippen MR) is 93.3 cm³/mol. The lowest BCUT2D eigenvalue weighted by Gasteiger charge is -2.12. The molecule has 4 N–H and O–H groups in total. The molecule has 0 bridgehead atoms. The van der Waals surface area contributed by atoms with Crippen LogP contribution in [0.5, 0.6) is 11.5 Å². The summed E-state index contributed by atoms with van der Waals surface area (Å²) < 4.78 is 25.5. The first-order chi connectivity index (χ1) is 11.0. The molecule has 0 saturated carbocycles. The lowest BCUT2D eigenvalue weighted by atomic mass is 10.1. The zero-order chi connectivity index (χ0) is 18.2. The molecule has 0 saturated heterocycles. The van der Waals surface area contributed by atoms with Crippen LogP contribution in [0.15, 0.2) is 33.6 Å². The summed E-state index contributed by atoms with van der Waals surface area (Å²) in [5.41, 5.74) is 4.69. The van der Waals surface area contributed by atoms with E-state index < -0.39 is 37.9 Å². The lowest BCUT2D eigenvalue weighted by Crippen LogP contribution is -2.13. The van der Waals surface area contributed by atoms with Gasteiger partial charge >= 0.3 is 0 Å². The van der Waals surface area contributed by atoms with Gasteiger partial charge in [-0.3, -0.25) is 4.79 Å². The third-order valence-electron chi connectivity index (χ3n) is 3.09. The highest BCUT2D eigenvalue weighted by atomic mass is 79.9. The Labute approximate surface area is 155 Å². The number of hydrogen-bond donors (Lipinski definition) is 3. The zero-order valence-corrected chi connectivity index (χ0v) is 15.7. The maximum Gasteiger partial charge on any atom is 0.252 e. The zero-order valence-electron chi connectivity index (χ0n) is 11.8. The van der Waals surface area contributed by atoms with Gasteiger partial charge in [-0.2, -0.15) is 0 Å². The normalized spacial score (nSPS) is 11.5. The maximum atomic E-state index is 12.6. The molecule has 2 rings (SSSR count). The number of rotatable bonds is 4. The highest BCUT2D eigenvalue weighted by Crippen LogP contribution is 2.37. The number of phenols is 2. The van der Waals surface area contributed by atoms with Gasteiger partial charge in [0.25, 0.3) is 5.91 Å². The van der Waals surface area contributed by atoms with E-state index in [4.69, 9.17) is 28.9 Å². The molecule has 6 nitrogen and oxygen atoms in total. The van der Waals surface area contributed by atoms with Gasteiger partial charge in [0.1, 0.15) is 10.6 Å². The molecule has 0 aliphatic heterocycles. The molecule has 0 unspecified atom stereocenters. The van der Waals surface area contributed by atoms with Crippen LogP contribution in [0.1, 0.15) is 15.9 Å². The molecule has 0 atom stereocenters. The number of sulfone groups is 1. The maximum absolute atomic E-state index is 12.6. The van der Waals surface area contributed by atoms with Crippen LogP contribution in [-0.2, 0) is 15.6 Å². The number of phenolic OH excluding ortho intramolecular Hbond substituents is 1. The molecule has 0 heterocycles. The smallest absolute Gasteiger partial charge is 0.252 e. The number of carbonyl (C=O) groups excluding carboxylic acids is 1. The highest BCUT2D eigenvalue weighted by molar-refractivity contribution is 9.10. The van der Waals surface area contributed by atoms with Gasteiger partial charge in [0.05, 0.1) is 16.3 Å². The molecule has 10 heteroatoms. The largest absolute Gasteiger partial charge is 0.507 e. The van der Waals surface area contributed by atoms with E-state index in [1.54, 1.807) is 0 Å². The van der Waals surface area contributed by atoms with E-state index in [2.05, 4.69) is 15.9 Å². The SMILES string of the molecule is NC(=O)c1cc(Cl)cc(CS(=O)(=O)c2cc(Br)cc(Cl)c2O)c1O. The molecule has 0 aliphatic rings. The fourth-order valence-corrected chi connectivity index (χ4v) is 4.77. The third-order valence-corrected chi connectivity index (χ3v) is 5.73. The number of hydrogen-bond acceptors (Lipinski definition) is 5. The van der Waals surface area contributed by atoms with Gasteiger partial charge < -0.3 is 15.9 Å². The van der Waals surface area contributed by atoms with E-state index in [9.17, 15) is 23.4 Å². The summed E-state index contributed by atoms with van der Waals surface area (Å²) in [4.78, 5) is 10.9. The van der Waals surface area contributed by atoms with Crippen LogP contribution in [0.2, 0.25) is 10.0 Å². The van der Waals surface area contributed by atoms with E-state index in [1.807, 2.05) is 0 Å². The van der Waals surface area contributed by atoms with Gasteiger partial charge in [-0.05, 0) is 24.3 Å². The minimum absolute atomic E-state index is 0.0308. The number of primary amides is 1. The van der Waals surface area contributed by atoms with E-state index in [0.29, 0.717) is 4.47 Å². The van der Waals surface area contributed by atoms with Gasteiger partial charge in [0, 0.05) is 15.1 Å². The standard InChI is InChI=1S/C14H10BrCl2NO5S/c15-7-2-10(17)13(20)11(3-7)24(22,23)5-6-1-8(16)4-9(12(6)19)14(18)21/h1-4,19-20H,5H2,(H2,18,21). The van der Waals surface area contributed by atoms with Crippen LogP contribution >= 0.6 is 39.1 Å². The number of amides is 1. The minimum Gasteiger partial charge on any atom is -0.507 e. The van der Waals surface area contributed by atoms with Crippen molar-refractivity contribution in [1.82, 2.24) is 0 Å². The Balaban J connectivity index is 2.57. The van der Waals surface area contributed by atoms with E-state index in [1.165, 1.54) is 18.2 Å². The van der Waals surface area contributed by atoms with Crippen molar-refractivity contribution in [2.75, 3.05) is 0 Å². The average molecular weight is 455 g/mol. The molecular weight excluding hydrogens is 445 g/mol. The fraction of sp³-hybridized carbons (Fsp3) is 0.0714. The lowest BCUT2D eigenvalue weighted by molar-refractivity contribution is 0.0997. The fourth-order valence-electron chi connectivity index (χ4n) is 2.02. The van der Waals surface area contributed by atoms with Crippen molar-refractivity contribution in [3.63, 3.8) is 0 Å². The van der Waals surface area contributed by atoms with Gasteiger partial charge in [0.15, 0.2) is 15.6 Å². The van der Waals surface area contributed by atoms with E-state index in [0.717, 1.165) is 6.07 Å². The second-order valence-corrected chi connectivity index (χ2v) is 8.54. The summed E-state index contributed by atoms with van der Waals surface area (Å²) in [5, 5.41) is 19.8. The molecule has 0 spiro atoms. The van der Waals surface area contributed by atoms with Gasteiger partial charge in [-0.25, -0.2) is 8.42 Å². The summed E-state index contributed by atoms with van der Waals surface area (Å²) in [6, 6.07) is 4.82. The number of benzene rings is 2. The van der Waals surface area contributed by atoms with Crippen molar-refractivity contribution in [1.29, 1.82) is 0 Å². The van der Waals surface area contributed by atoms with Crippen LogP contribution < -0.4 is 5.73 Å². The molecular formula is C14H10BrCl2NO5S. The highest BCUT2D eigenvalue weighted by Gasteiger charge is 2.25. The van der Waals surface area contributed by atoms with E-state index in [-0.39, 0.29) is 21.2 Å². The van der Waals surface area contributed by atoms with Crippen molar-refractivity contribution < 1.29 is 23.4 Å². The van der Waals surface area contributed by atoms with Gasteiger partial charge in [-0.15, -0.1) is 0 Å². The van der Waals surface area contributed by atoms with Gasteiger partial charge in [0.2, 0.25) is 0 Å². The predicted octanol–water partition coefficient (Wildman–Crippen LogP) is 3.24. The van der Waals surface area contributed by atoms with Crippen molar-refractivity contribution in [2.24, 2.45) is 5.73 Å². The summed E-state index contributed by atoms with van der Waals surface area (Å²) in [6.07, 6.45) is 0. The number of halogens is 3. The molecule has 2 aromatic rings. The Morgan fingerprint density at radius 3 is 2.33 bits per heavy atom. The van der Waals surface area contributed by atoms with Crippen molar-refractivity contribution >= 4 is 54.9 Å². The molecule has 128 valence electrons. The minimum atomic E-state index is -4.11. The molecule has 0 aromatic heterocycles. The van der Waals surface area contributed by atoms with Gasteiger partial charge in [-0.1, -0.05) is 39.1 Å². The third kappa shape index (κ3) is 3.77. The second kappa shape index (κ2) is 6.79. The monoisotopic (exact) mass is 453 g/mol. The van der Waals surface area contributed by atoms with Crippen molar-refractivity contribution in [2.45, 2.75) is 10.6 Å². The molecule has 1 amide bonds. The Bertz CT molecular complexity index is 947. The Morgan fingerprint density at radius 2 is 1.75 bits per heavy atom. The van der Waals surface area contributed by atoms with E-state index >= 15 is 0 Å². The van der Waals surface area contributed by atoms with Crippen molar-refractivity contribution in [3.05, 3.63) is 49.9 Å². The molecule has 0 aliphatic carbocycles. The average Bonchev–Trinajstić information content (AvgIpc) is 2.45. The molecule has 2 aromatic carbocycles. The molecule has 24 heavy (non-hydrogen) atoms. The quantitative estimate of drug-likeness (QED) is 0.655. The summed E-state index contributed by atoms with van der Waals surface area (Å²) in [5.74, 6) is -2.88. The Kier molecular flexibility index (Phi) is 5.34.